The smallest absolute Gasteiger partial charge is 0.262 e. The molecule has 0 saturated heterocycles. The van der Waals surface area contributed by atoms with Gasteiger partial charge in [-0.3, -0.25) is 4.79 Å². The zero-order chi connectivity index (χ0) is 23.1. The summed E-state index contributed by atoms with van der Waals surface area (Å²) in [5.41, 5.74) is 0.512. The van der Waals surface area contributed by atoms with Crippen LogP contribution in [0.5, 0.6) is 17.2 Å². The predicted molar refractivity (Wildman–Crippen MR) is 122 cm³/mol. The maximum Gasteiger partial charge on any atom is 0.262 e. The number of amides is 1. The minimum atomic E-state index is -3.67. The van der Waals surface area contributed by atoms with E-state index in [1.54, 1.807) is 18.2 Å². The number of carbonyl (C=O) groups excluding carboxylic acids is 1. The second-order valence-corrected chi connectivity index (χ2v) is 9.58. The van der Waals surface area contributed by atoms with Crippen LogP contribution in [0.25, 0.3) is 0 Å². The lowest BCUT2D eigenvalue weighted by atomic mass is 9.96. The molecule has 0 aromatic heterocycles. The fourth-order valence-corrected chi connectivity index (χ4v) is 5.16. The first-order valence-electron chi connectivity index (χ1n) is 10.3. The number of nitrogens with one attached hydrogen (secondary N) is 2. The van der Waals surface area contributed by atoms with E-state index in [1.807, 2.05) is 0 Å². The highest BCUT2D eigenvalue weighted by atomic mass is 35.5. The molecule has 1 aliphatic carbocycles. The Morgan fingerprint density at radius 2 is 1.69 bits per heavy atom. The van der Waals surface area contributed by atoms with E-state index >= 15 is 0 Å². The Morgan fingerprint density at radius 3 is 2.34 bits per heavy atom. The second-order valence-electron chi connectivity index (χ2n) is 7.46. The van der Waals surface area contributed by atoms with Gasteiger partial charge in [-0.15, -0.1) is 0 Å². The summed E-state index contributed by atoms with van der Waals surface area (Å²) in [5.74, 6) is 0.823. The SMILES string of the molecule is COc1ccc(NC(=O)COc2ccc(S(=O)(=O)NC3CCCCC3)cc2Cl)cc1OC. The summed E-state index contributed by atoms with van der Waals surface area (Å²) >= 11 is 6.22. The van der Waals surface area contributed by atoms with Gasteiger partial charge in [0.1, 0.15) is 5.75 Å². The minimum absolute atomic E-state index is 0.0521. The number of halogens is 1. The summed E-state index contributed by atoms with van der Waals surface area (Å²) in [6.07, 6.45) is 4.85. The van der Waals surface area contributed by atoms with E-state index in [9.17, 15) is 13.2 Å². The average Bonchev–Trinajstić information content (AvgIpc) is 2.78. The topological polar surface area (TPSA) is 103 Å². The molecule has 0 heterocycles. The fourth-order valence-electron chi connectivity index (χ4n) is 3.53. The van der Waals surface area contributed by atoms with Gasteiger partial charge in [0.2, 0.25) is 10.0 Å². The highest BCUT2D eigenvalue weighted by Crippen LogP contribution is 2.30. The normalized spacial score (nSPS) is 14.6. The molecular weight excluding hydrogens is 456 g/mol. The van der Waals surface area contributed by atoms with Gasteiger partial charge in [-0.05, 0) is 43.2 Å². The zero-order valence-electron chi connectivity index (χ0n) is 18.0. The molecule has 0 unspecified atom stereocenters. The first kappa shape index (κ1) is 24.2. The van der Waals surface area contributed by atoms with Crippen molar-refractivity contribution in [3.8, 4) is 17.2 Å². The van der Waals surface area contributed by atoms with Crippen molar-refractivity contribution in [1.82, 2.24) is 4.72 Å². The number of sulfonamides is 1. The molecule has 0 bridgehead atoms. The largest absolute Gasteiger partial charge is 0.493 e. The van der Waals surface area contributed by atoms with Crippen LogP contribution in [0.2, 0.25) is 5.02 Å². The first-order chi connectivity index (χ1) is 15.3. The first-order valence-corrected chi connectivity index (χ1v) is 12.1. The van der Waals surface area contributed by atoms with E-state index in [1.165, 1.54) is 32.4 Å². The third kappa shape index (κ3) is 6.27. The summed E-state index contributed by atoms with van der Waals surface area (Å²) in [6, 6.07) is 9.11. The molecule has 2 aromatic carbocycles. The molecule has 3 rings (SSSR count). The maximum absolute atomic E-state index is 12.6. The lowest BCUT2D eigenvalue weighted by molar-refractivity contribution is -0.118. The molecule has 2 N–H and O–H groups in total. The van der Waals surface area contributed by atoms with E-state index < -0.39 is 15.9 Å². The predicted octanol–water partition coefficient (Wildman–Crippen LogP) is 3.99. The molecule has 32 heavy (non-hydrogen) atoms. The monoisotopic (exact) mass is 482 g/mol. The van der Waals surface area contributed by atoms with Gasteiger partial charge >= 0.3 is 0 Å². The third-order valence-electron chi connectivity index (χ3n) is 5.17. The van der Waals surface area contributed by atoms with Gasteiger partial charge in [-0.1, -0.05) is 30.9 Å². The third-order valence-corrected chi connectivity index (χ3v) is 6.98. The zero-order valence-corrected chi connectivity index (χ0v) is 19.6. The summed E-state index contributed by atoms with van der Waals surface area (Å²) in [5, 5.41) is 2.80. The van der Waals surface area contributed by atoms with Gasteiger partial charge in [-0.2, -0.15) is 0 Å². The highest BCUT2D eigenvalue weighted by molar-refractivity contribution is 7.89. The Kier molecular flexibility index (Phi) is 8.22. The van der Waals surface area contributed by atoms with Crippen LogP contribution >= 0.6 is 11.6 Å². The van der Waals surface area contributed by atoms with Crippen LogP contribution in [0.4, 0.5) is 5.69 Å². The van der Waals surface area contributed by atoms with Gasteiger partial charge in [-0.25, -0.2) is 13.1 Å². The molecule has 10 heteroatoms. The van der Waals surface area contributed by atoms with Crippen molar-refractivity contribution >= 4 is 33.2 Å². The summed E-state index contributed by atoms with van der Waals surface area (Å²) in [7, 11) is -0.648. The summed E-state index contributed by atoms with van der Waals surface area (Å²) in [6.45, 7) is -0.305. The Bertz CT molecular complexity index is 1050. The Labute approximate surface area is 193 Å². The number of benzene rings is 2. The maximum atomic E-state index is 12.6. The summed E-state index contributed by atoms with van der Waals surface area (Å²) < 4.78 is 43.9. The number of anilines is 1. The molecule has 0 radical (unpaired) electrons. The van der Waals surface area contributed by atoms with Gasteiger partial charge in [0, 0.05) is 17.8 Å². The van der Waals surface area contributed by atoms with Crippen LogP contribution in [-0.4, -0.2) is 41.2 Å². The van der Waals surface area contributed by atoms with Crippen LogP contribution in [0.1, 0.15) is 32.1 Å². The Balaban J connectivity index is 1.59. The van der Waals surface area contributed by atoms with Crippen molar-refractivity contribution in [3.63, 3.8) is 0 Å². The quantitative estimate of drug-likeness (QED) is 0.560. The molecule has 1 saturated carbocycles. The minimum Gasteiger partial charge on any atom is -0.493 e. The molecule has 8 nitrogen and oxygen atoms in total. The molecule has 0 atom stereocenters. The van der Waals surface area contributed by atoms with Crippen LogP contribution < -0.4 is 24.2 Å². The number of carbonyl (C=O) groups is 1. The molecule has 2 aromatic rings. The molecule has 1 fully saturated rings. The van der Waals surface area contributed by atoms with Gasteiger partial charge in [0.15, 0.2) is 18.1 Å². The van der Waals surface area contributed by atoms with Crippen LogP contribution in [0.3, 0.4) is 0 Å². The Hall–Kier alpha value is -2.49. The van der Waals surface area contributed by atoms with Crippen LogP contribution in [0, 0.1) is 0 Å². The molecule has 1 amide bonds. The van der Waals surface area contributed by atoms with E-state index in [-0.39, 0.29) is 28.3 Å². The summed E-state index contributed by atoms with van der Waals surface area (Å²) in [4.78, 5) is 12.3. The second kappa shape index (κ2) is 10.9. The van der Waals surface area contributed by atoms with Crippen molar-refractivity contribution in [2.75, 3.05) is 26.1 Å². The number of methoxy groups -OCH3 is 2. The average molecular weight is 483 g/mol. The molecule has 1 aliphatic rings. The van der Waals surface area contributed by atoms with Gasteiger partial charge < -0.3 is 19.5 Å². The van der Waals surface area contributed by atoms with Crippen LogP contribution in [-0.2, 0) is 14.8 Å². The number of ether oxygens (including phenoxy) is 3. The van der Waals surface area contributed by atoms with Crippen molar-refractivity contribution < 1.29 is 27.4 Å². The highest BCUT2D eigenvalue weighted by Gasteiger charge is 2.22. The number of hydrogen-bond acceptors (Lipinski definition) is 6. The van der Waals surface area contributed by atoms with E-state index in [0.29, 0.717) is 17.2 Å². The van der Waals surface area contributed by atoms with Gasteiger partial charge in [0.25, 0.3) is 5.91 Å². The van der Waals surface area contributed by atoms with Gasteiger partial charge in [0.05, 0.1) is 24.1 Å². The van der Waals surface area contributed by atoms with Crippen molar-refractivity contribution in [2.45, 2.75) is 43.0 Å². The lowest BCUT2D eigenvalue weighted by Crippen LogP contribution is -2.36. The molecule has 0 aliphatic heterocycles. The van der Waals surface area contributed by atoms with Crippen LogP contribution in [0.15, 0.2) is 41.3 Å². The molecule has 0 spiro atoms. The molecule has 174 valence electrons. The van der Waals surface area contributed by atoms with E-state index in [4.69, 9.17) is 25.8 Å². The van der Waals surface area contributed by atoms with E-state index in [0.717, 1.165) is 32.1 Å². The van der Waals surface area contributed by atoms with E-state index in [2.05, 4.69) is 10.0 Å². The Morgan fingerprint density at radius 1 is 1.00 bits per heavy atom. The lowest BCUT2D eigenvalue weighted by Gasteiger charge is -2.22. The fraction of sp³-hybridized carbons (Fsp3) is 0.409. The van der Waals surface area contributed by atoms with Crippen molar-refractivity contribution in [1.29, 1.82) is 0 Å². The standard InChI is InChI=1S/C22H27ClN2O6S/c1-29-20-10-8-16(12-21(20)30-2)24-22(26)14-31-19-11-9-17(13-18(19)23)32(27,28)25-15-6-4-3-5-7-15/h8-13,15,25H,3-7,14H2,1-2H3,(H,24,26). The van der Waals surface area contributed by atoms with Crippen molar-refractivity contribution in [3.05, 3.63) is 41.4 Å². The number of hydrogen-bond donors (Lipinski definition) is 2. The van der Waals surface area contributed by atoms with Crippen molar-refractivity contribution in [2.24, 2.45) is 0 Å². The number of rotatable bonds is 9. The molecular formula is C22H27ClN2O6S.